The summed E-state index contributed by atoms with van der Waals surface area (Å²) in [4.78, 5) is 17.8. The highest BCUT2D eigenvalue weighted by Crippen LogP contribution is 2.12. The number of likely N-dealkylation sites (tertiary alicyclic amines) is 1. The summed E-state index contributed by atoms with van der Waals surface area (Å²) in [5.41, 5.74) is 0. The lowest BCUT2D eigenvalue weighted by Crippen LogP contribution is -2.44. The van der Waals surface area contributed by atoms with Gasteiger partial charge in [0.25, 0.3) is 0 Å². The quantitative estimate of drug-likeness (QED) is 0.435. The van der Waals surface area contributed by atoms with E-state index in [-0.39, 0.29) is 35.8 Å². The number of nitrogens with one attached hydrogen (secondary N) is 2. The lowest BCUT2D eigenvalue weighted by molar-refractivity contribution is -0.133. The van der Waals surface area contributed by atoms with Crippen LogP contribution in [-0.2, 0) is 4.79 Å². The molecule has 17 heavy (non-hydrogen) atoms. The van der Waals surface area contributed by atoms with E-state index in [0.717, 1.165) is 25.5 Å². The van der Waals surface area contributed by atoms with Gasteiger partial charge in [-0.3, -0.25) is 9.79 Å². The molecule has 5 nitrogen and oxygen atoms in total. The van der Waals surface area contributed by atoms with Crippen LogP contribution in [0.25, 0.3) is 0 Å². The first-order chi connectivity index (χ1) is 7.58. The van der Waals surface area contributed by atoms with E-state index in [2.05, 4.69) is 15.6 Å². The zero-order valence-corrected chi connectivity index (χ0v) is 13.3. The zero-order chi connectivity index (χ0) is 12.1. The summed E-state index contributed by atoms with van der Waals surface area (Å²) >= 11 is 0. The fraction of sp³-hybridized carbons (Fsp3) is 0.818. The van der Waals surface area contributed by atoms with Crippen molar-refractivity contribution in [2.45, 2.75) is 26.3 Å². The Morgan fingerprint density at radius 2 is 2.12 bits per heavy atom. The molecule has 0 aromatic heterocycles. The van der Waals surface area contributed by atoms with Crippen molar-refractivity contribution in [2.24, 2.45) is 10.9 Å². The Bertz CT molecular complexity index is 281. The molecule has 1 amide bonds. The van der Waals surface area contributed by atoms with Gasteiger partial charge in [-0.2, -0.15) is 0 Å². The largest absolute Gasteiger partial charge is 0.359 e. The van der Waals surface area contributed by atoms with Crippen molar-refractivity contribution < 1.29 is 4.79 Å². The molecule has 1 aliphatic rings. The molecular formula is C11H23IN4O. The molecule has 0 aromatic carbocycles. The Balaban J connectivity index is 0.00000256. The van der Waals surface area contributed by atoms with Crippen molar-refractivity contribution in [1.82, 2.24) is 15.5 Å². The van der Waals surface area contributed by atoms with E-state index in [1.54, 1.807) is 7.05 Å². The third-order valence-corrected chi connectivity index (χ3v) is 2.80. The fourth-order valence-electron chi connectivity index (χ4n) is 1.89. The van der Waals surface area contributed by atoms with Crippen LogP contribution in [0.1, 0.15) is 20.3 Å². The van der Waals surface area contributed by atoms with E-state index in [1.807, 2.05) is 25.8 Å². The predicted molar refractivity (Wildman–Crippen MR) is 80.8 cm³/mol. The average molecular weight is 354 g/mol. The number of halogens is 1. The van der Waals surface area contributed by atoms with Gasteiger partial charge >= 0.3 is 0 Å². The number of rotatable bonds is 2. The Morgan fingerprint density at radius 1 is 1.47 bits per heavy atom. The Hall–Kier alpha value is -0.530. The molecule has 1 aliphatic heterocycles. The molecule has 100 valence electrons. The third-order valence-electron chi connectivity index (χ3n) is 2.80. The molecule has 1 fully saturated rings. The molecule has 0 radical (unpaired) electrons. The van der Waals surface area contributed by atoms with Crippen LogP contribution >= 0.6 is 24.0 Å². The summed E-state index contributed by atoms with van der Waals surface area (Å²) in [5, 5.41) is 6.26. The first-order valence-corrected chi connectivity index (χ1v) is 5.78. The van der Waals surface area contributed by atoms with Gasteiger partial charge in [0, 0.05) is 39.1 Å². The second-order valence-corrected chi connectivity index (χ2v) is 4.39. The van der Waals surface area contributed by atoms with Crippen LogP contribution < -0.4 is 10.6 Å². The third kappa shape index (κ3) is 4.69. The monoisotopic (exact) mass is 354 g/mol. The zero-order valence-electron chi connectivity index (χ0n) is 11.0. The van der Waals surface area contributed by atoms with Gasteiger partial charge in [0.15, 0.2) is 5.96 Å². The van der Waals surface area contributed by atoms with Gasteiger partial charge in [-0.25, -0.2) is 0 Å². The van der Waals surface area contributed by atoms with Crippen LogP contribution in [0.3, 0.4) is 0 Å². The number of nitrogens with zero attached hydrogens (tertiary/aromatic N) is 2. The van der Waals surface area contributed by atoms with E-state index >= 15 is 0 Å². The molecule has 0 bridgehead atoms. The van der Waals surface area contributed by atoms with Crippen LogP contribution in [0.15, 0.2) is 4.99 Å². The van der Waals surface area contributed by atoms with E-state index in [1.165, 1.54) is 0 Å². The number of carbonyl (C=O) groups excluding carboxylic acids is 1. The van der Waals surface area contributed by atoms with Crippen molar-refractivity contribution in [3.63, 3.8) is 0 Å². The van der Waals surface area contributed by atoms with Crippen molar-refractivity contribution >= 4 is 35.8 Å². The normalized spacial score (nSPS) is 20.2. The number of guanidine groups is 1. The number of aliphatic imine (C=N–C) groups is 1. The molecule has 6 heteroatoms. The summed E-state index contributed by atoms with van der Waals surface area (Å²) in [5.74, 6) is 1.11. The molecule has 1 saturated heterocycles. The maximum absolute atomic E-state index is 11.8. The van der Waals surface area contributed by atoms with E-state index in [4.69, 9.17) is 0 Å². The van der Waals surface area contributed by atoms with Gasteiger partial charge in [0.2, 0.25) is 5.91 Å². The topological polar surface area (TPSA) is 56.7 Å². The van der Waals surface area contributed by atoms with Crippen LogP contribution in [0.2, 0.25) is 0 Å². The lowest BCUT2D eigenvalue weighted by atomic mass is 10.2. The summed E-state index contributed by atoms with van der Waals surface area (Å²) < 4.78 is 0. The Kier molecular flexibility index (Phi) is 7.49. The summed E-state index contributed by atoms with van der Waals surface area (Å²) in [6.45, 7) is 5.50. The van der Waals surface area contributed by atoms with Gasteiger partial charge in [-0.05, 0) is 6.42 Å². The van der Waals surface area contributed by atoms with E-state index < -0.39 is 0 Å². The first kappa shape index (κ1) is 16.5. The summed E-state index contributed by atoms with van der Waals surface area (Å²) in [7, 11) is 3.58. The molecular weight excluding hydrogens is 331 g/mol. The second kappa shape index (κ2) is 7.73. The fourth-order valence-corrected chi connectivity index (χ4v) is 1.89. The maximum Gasteiger partial charge on any atom is 0.225 e. The van der Waals surface area contributed by atoms with Gasteiger partial charge < -0.3 is 15.5 Å². The molecule has 1 heterocycles. The van der Waals surface area contributed by atoms with Crippen molar-refractivity contribution in [2.75, 3.05) is 27.2 Å². The highest BCUT2D eigenvalue weighted by molar-refractivity contribution is 14.0. The summed E-state index contributed by atoms with van der Waals surface area (Å²) in [6.07, 6.45) is 0.985. The van der Waals surface area contributed by atoms with E-state index in [0.29, 0.717) is 6.04 Å². The number of amides is 1. The van der Waals surface area contributed by atoms with Gasteiger partial charge in [0.1, 0.15) is 0 Å². The SMILES string of the molecule is CN=C(NC)NC1CCN(C(=O)C(C)C)C1.I. The minimum atomic E-state index is 0. The van der Waals surface area contributed by atoms with E-state index in [9.17, 15) is 4.79 Å². The van der Waals surface area contributed by atoms with Crippen LogP contribution in [-0.4, -0.2) is 50.0 Å². The molecule has 1 rings (SSSR count). The molecule has 0 aliphatic carbocycles. The minimum absolute atomic E-state index is 0. The molecule has 1 atom stereocenters. The lowest BCUT2D eigenvalue weighted by Gasteiger charge is -2.19. The molecule has 1 unspecified atom stereocenters. The van der Waals surface area contributed by atoms with Crippen molar-refractivity contribution in [3.8, 4) is 0 Å². The number of hydrogen-bond acceptors (Lipinski definition) is 2. The highest BCUT2D eigenvalue weighted by Gasteiger charge is 2.27. The van der Waals surface area contributed by atoms with Crippen LogP contribution in [0.5, 0.6) is 0 Å². The molecule has 0 saturated carbocycles. The number of hydrogen-bond donors (Lipinski definition) is 2. The maximum atomic E-state index is 11.8. The minimum Gasteiger partial charge on any atom is -0.359 e. The highest BCUT2D eigenvalue weighted by atomic mass is 127. The Labute approximate surface area is 120 Å². The van der Waals surface area contributed by atoms with Gasteiger partial charge in [-0.15, -0.1) is 24.0 Å². The average Bonchev–Trinajstić information content (AvgIpc) is 2.73. The smallest absolute Gasteiger partial charge is 0.225 e. The van der Waals surface area contributed by atoms with Crippen LogP contribution in [0.4, 0.5) is 0 Å². The molecule has 0 spiro atoms. The molecule has 2 N–H and O–H groups in total. The van der Waals surface area contributed by atoms with Crippen molar-refractivity contribution in [3.05, 3.63) is 0 Å². The number of carbonyl (C=O) groups is 1. The standard InChI is InChI=1S/C11H22N4O.HI/c1-8(2)10(16)15-6-5-9(7-15)14-11(12-3)13-4;/h8-9H,5-7H2,1-4H3,(H2,12,13,14);1H. The van der Waals surface area contributed by atoms with Gasteiger partial charge in [-0.1, -0.05) is 13.8 Å². The van der Waals surface area contributed by atoms with Crippen molar-refractivity contribution in [1.29, 1.82) is 0 Å². The predicted octanol–water partition coefficient (Wildman–Crippen LogP) is 0.656. The Morgan fingerprint density at radius 3 is 2.59 bits per heavy atom. The molecule has 0 aromatic rings. The van der Waals surface area contributed by atoms with Crippen LogP contribution in [0, 0.1) is 5.92 Å². The second-order valence-electron chi connectivity index (χ2n) is 4.39. The summed E-state index contributed by atoms with van der Waals surface area (Å²) in [6, 6.07) is 0.314. The first-order valence-electron chi connectivity index (χ1n) is 5.78. The van der Waals surface area contributed by atoms with Gasteiger partial charge in [0.05, 0.1) is 0 Å².